The Bertz CT molecular complexity index is 1160. The van der Waals surface area contributed by atoms with Crippen LogP contribution in [-0.2, 0) is 0 Å². The van der Waals surface area contributed by atoms with Crippen LogP contribution in [0.4, 0.5) is 8.78 Å². The van der Waals surface area contributed by atoms with Crippen LogP contribution in [0.1, 0.15) is 55.1 Å². The molecule has 4 aromatic carbocycles. The molecule has 0 unspecified atom stereocenters. The third-order valence-electron chi connectivity index (χ3n) is 7.07. The molecule has 5 heteroatoms. The zero-order valence-corrected chi connectivity index (χ0v) is 23.0. The van der Waals surface area contributed by atoms with E-state index in [0.29, 0.717) is 11.3 Å². The predicted molar refractivity (Wildman–Crippen MR) is 155 cm³/mol. The lowest BCUT2D eigenvalue weighted by Crippen LogP contribution is -2.28. The van der Waals surface area contributed by atoms with E-state index in [4.69, 9.17) is 0 Å². The summed E-state index contributed by atoms with van der Waals surface area (Å²) in [7, 11) is -1.59. The maximum Gasteiger partial charge on any atom is 0.123 e. The Balaban J connectivity index is 1.67. The molecule has 1 nitrogen and oxygen atoms in total. The highest BCUT2D eigenvalue weighted by Crippen LogP contribution is 2.76. The summed E-state index contributed by atoms with van der Waals surface area (Å²) < 4.78 is 30.8. The standard InChI is InChI=1S/C32H33F2NP2/c1-2-3-24-35(36(29-18-14-27(33)15-19-29)30-20-16-28(34)17-21-30)37-31(25-10-6-4-7-11-25)22-23-32(37)26-12-8-5-9-13-26/h4-21,31-32H,2-3,22-24H2,1H3/t31-,32-/m1/s1. The molecule has 0 N–H and O–H groups in total. The quantitative estimate of drug-likeness (QED) is 0.195. The van der Waals surface area contributed by atoms with E-state index in [1.165, 1.54) is 11.1 Å². The summed E-state index contributed by atoms with van der Waals surface area (Å²) in [6.07, 6.45) is 4.48. The Kier molecular flexibility index (Phi) is 8.78. The molecule has 0 spiro atoms. The molecule has 0 radical (unpaired) electrons. The van der Waals surface area contributed by atoms with Crippen molar-refractivity contribution >= 4 is 26.8 Å². The molecule has 1 heterocycles. The summed E-state index contributed by atoms with van der Waals surface area (Å²) in [6, 6.07) is 35.9. The fourth-order valence-corrected chi connectivity index (χ4v) is 12.8. The Labute approximate surface area is 222 Å². The number of rotatable bonds is 9. The summed E-state index contributed by atoms with van der Waals surface area (Å²) in [5.74, 6) is -0.456. The van der Waals surface area contributed by atoms with Gasteiger partial charge in [-0.3, -0.25) is 4.44 Å². The predicted octanol–water partition coefficient (Wildman–Crippen LogP) is 9.09. The Hall–Kier alpha value is -2.44. The number of nitrogens with zero attached hydrogens (tertiary/aromatic N) is 1. The van der Waals surface area contributed by atoms with Crippen LogP contribution in [0.15, 0.2) is 109 Å². The number of benzene rings is 4. The fourth-order valence-electron chi connectivity index (χ4n) is 5.31. The molecule has 1 aliphatic rings. The van der Waals surface area contributed by atoms with Crippen LogP contribution in [0.5, 0.6) is 0 Å². The van der Waals surface area contributed by atoms with Gasteiger partial charge in [-0.15, -0.1) is 0 Å². The van der Waals surface area contributed by atoms with Gasteiger partial charge in [0.05, 0.1) is 0 Å². The number of hydrogen-bond donors (Lipinski definition) is 0. The van der Waals surface area contributed by atoms with E-state index in [1.54, 1.807) is 24.3 Å². The Morgan fingerprint density at radius 2 is 1.11 bits per heavy atom. The first-order valence-electron chi connectivity index (χ1n) is 13.1. The number of unbranched alkanes of at least 4 members (excludes halogenated alkanes) is 1. The van der Waals surface area contributed by atoms with Gasteiger partial charge in [-0.1, -0.05) is 98.3 Å². The average molecular weight is 532 g/mol. The summed E-state index contributed by atoms with van der Waals surface area (Å²) in [6.45, 7) is 3.21. The van der Waals surface area contributed by atoms with Gasteiger partial charge in [-0.25, -0.2) is 8.78 Å². The van der Waals surface area contributed by atoms with E-state index in [2.05, 4.69) is 72.0 Å². The van der Waals surface area contributed by atoms with E-state index < -0.39 is 16.1 Å². The number of hydrogen-bond acceptors (Lipinski definition) is 1. The first-order chi connectivity index (χ1) is 18.2. The second-order valence-corrected chi connectivity index (χ2v) is 14.5. The molecular weight excluding hydrogens is 498 g/mol. The van der Waals surface area contributed by atoms with Gasteiger partial charge in [0.2, 0.25) is 0 Å². The first kappa shape index (κ1) is 26.2. The maximum absolute atomic E-state index is 14.0. The lowest BCUT2D eigenvalue weighted by atomic mass is 10.0. The van der Waals surface area contributed by atoms with Crippen molar-refractivity contribution in [1.29, 1.82) is 0 Å². The third kappa shape index (κ3) is 6.01. The highest BCUT2D eigenvalue weighted by atomic mass is 31.2. The van der Waals surface area contributed by atoms with Crippen molar-refractivity contribution in [3.63, 3.8) is 0 Å². The lowest BCUT2D eigenvalue weighted by Gasteiger charge is -2.42. The molecule has 0 bridgehead atoms. The van der Waals surface area contributed by atoms with Crippen molar-refractivity contribution in [2.45, 2.75) is 43.9 Å². The Morgan fingerprint density at radius 3 is 1.51 bits per heavy atom. The molecule has 0 saturated carbocycles. The first-order valence-corrected chi connectivity index (χ1v) is 15.9. The van der Waals surface area contributed by atoms with E-state index in [-0.39, 0.29) is 11.6 Å². The maximum atomic E-state index is 14.0. The van der Waals surface area contributed by atoms with Crippen molar-refractivity contribution in [2.24, 2.45) is 0 Å². The van der Waals surface area contributed by atoms with Gasteiger partial charge in [-0.2, -0.15) is 0 Å². The van der Waals surface area contributed by atoms with E-state index in [1.807, 2.05) is 24.3 Å². The van der Waals surface area contributed by atoms with Crippen LogP contribution in [0.3, 0.4) is 0 Å². The van der Waals surface area contributed by atoms with Crippen LogP contribution >= 0.6 is 16.1 Å². The molecule has 0 aromatic heterocycles. The molecule has 190 valence electrons. The molecular formula is C32H33F2NP2. The second-order valence-electron chi connectivity index (χ2n) is 9.52. The van der Waals surface area contributed by atoms with E-state index in [9.17, 15) is 8.78 Å². The molecule has 0 amide bonds. The Morgan fingerprint density at radius 1 is 0.676 bits per heavy atom. The number of halogens is 2. The van der Waals surface area contributed by atoms with Crippen LogP contribution in [0.2, 0.25) is 0 Å². The van der Waals surface area contributed by atoms with Crippen LogP contribution in [0, 0.1) is 11.6 Å². The molecule has 5 rings (SSSR count). The molecule has 0 aliphatic carbocycles. The minimum atomic E-state index is -0.967. The second kappa shape index (κ2) is 12.4. The third-order valence-corrected chi connectivity index (χ3v) is 13.6. The molecule has 4 aromatic rings. The minimum Gasteiger partial charge on any atom is -0.251 e. The van der Waals surface area contributed by atoms with Crippen molar-refractivity contribution < 1.29 is 8.78 Å². The molecule has 1 aliphatic heterocycles. The van der Waals surface area contributed by atoms with Crippen molar-refractivity contribution in [3.8, 4) is 0 Å². The molecule has 2 atom stereocenters. The van der Waals surface area contributed by atoms with Gasteiger partial charge in [0.15, 0.2) is 0 Å². The van der Waals surface area contributed by atoms with Crippen LogP contribution in [-0.4, -0.2) is 11.0 Å². The largest absolute Gasteiger partial charge is 0.251 e. The lowest BCUT2D eigenvalue weighted by molar-refractivity contribution is 0.626. The zero-order valence-electron chi connectivity index (χ0n) is 21.2. The summed E-state index contributed by atoms with van der Waals surface area (Å²) >= 11 is 0. The van der Waals surface area contributed by atoms with Crippen LogP contribution in [0.25, 0.3) is 0 Å². The van der Waals surface area contributed by atoms with Gasteiger partial charge in [-0.05, 0) is 73.3 Å². The monoisotopic (exact) mass is 531 g/mol. The summed E-state index contributed by atoms with van der Waals surface area (Å²) in [5, 5.41) is 2.24. The van der Waals surface area contributed by atoms with E-state index in [0.717, 1.165) is 42.8 Å². The van der Waals surface area contributed by atoms with Gasteiger partial charge in [0, 0.05) is 25.9 Å². The minimum absolute atomic E-state index is 0.228. The highest BCUT2D eigenvalue weighted by molar-refractivity contribution is 7.79. The zero-order chi connectivity index (χ0) is 25.6. The van der Waals surface area contributed by atoms with Crippen molar-refractivity contribution in [2.75, 3.05) is 6.54 Å². The van der Waals surface area contributed by atoms with Crippen molar-refractivity contribution in [3.05, 3.63) is 132 Å². The van der Waals surface area contributed by atoms with E-state index >= 15 is 0 Å². The van der Waals surface area contributed by atoms with Gasteiger partial charge < -0.3 is 0 Å². The van der Waals surface area contributed by atoms with Crippen molar-refractivity contribution in [1.82, 2.24) is 4.44 Å². The molecule has 1 saturated heterocycles. The SMILES string of the molecule is CCCCN(P(c1ccc(F)cc1)c1ccc(F)cc1)P1[C@@H](c2ccccc2)CC[C@@H]1c1ccccc1. The summed E-state index contributed by atoms with van der Waals surface area (Å²) in [4.78, 5) is 0. The highest BCUT2D eigenvalue weighted by Gasteiger charge is 2.44. The topological polar surface area (TPSA) is 3.24 Å². The van der Waals surface area contributed by atoms with Gasteiger partial charge in [0.25, 0.3) is 0 Å². The van der Waals surface area contributed by atoms with Crippen LogP contribution < -0.4 is 10.6 Å². The molecule has 1 fully saturated rings. The summed E-state index contributed by atoms with van der Waals surface area (Å²) in [5.41, 5.74) is 3.71. The average Bonchev–Trinajstić information content (AvgIpc) is 3.38. The van der Waals surface area contributed by atoms with Gasteiger partial charge in [0.1, 0.15) is 11.6 Å². The smallest absolute Gasteiger partial charge is 0.123 e. The molecule has 37 heavy (non-hydrogen) atoms. The normalized spacial score (nSPS) is 18.1. The fraction of sp³-hybridized carbons (Fsp3) is 0.250. The van der Waals surface area contributed by atoms with Gasteiger partial charge >= 0.3 is 0 Å².